The van der Waals surface area contributed by atoms with Gasteiger partial charge in [0.05, 0.1) is 5.56 Å². The minimum absolute atomic E-state index is 0.0916. The molecule has 1 saturated carbocycles. The van der Waals surface area contributed by atoms with Crippen LogP contribution in [0.4, 0.5) is 5.69 Å². The Morgan fingerprint density at radius 2 is 1.84 bits per heavy atom. The number of piperazine rings is 1. The Kier molecular flexibility index (Phi) is 5.10. The van der Waals surface area contributed by atoms with Crippen LogP contribution in [-0.4, -0.2) is 49.1 Å². The maximum absolute atomic E-state index is 13.1. The standard InChI is InChI=1S/C22H26N4O4S/c1-15-5-3-8-19(16(15)2)25-9-11-26(12-10-25)31(27,28)20-13-18(14-29-20)22-24-23-21(30-22)17-6-4-7-17/h3,5,8,13-14,17H,4,6-7,9-12H2,1-2H3. The van der Waals surface area contributed by atoms with Crippen LogP contribution in [0.3, 0.4) is 0 Å². The van der Waals surface area contributed by atoms with E-state index in [0.29, 0.717) is 49.4 Å². The van der Waals surface area contributed by atoms with E-state index in [1.165, 1.54) is 34.2 Å². The third-order valence-electron chi connectivity index (χ3n) is 6.47. The molecule has 8 nitrogen and oxygen atoms in total. The Balaban J connectivity index is 1.29. The molecule has 2 aromatic heterocycles. The molecule has 1 aromatic carbocycles. The van der Waals surface area contributed by atoms with Crippen LogP contribution in [0.1, 0.15) is 42.2 Å². The smallest absolute Gasteiger partial charge is 0.276 e. The van der Waals surface area contributed by atoms with Gasteiger partial charge in [0, 0.05) is 43.9 Å². The number of anilines is 1. The molecule has 164 valence electrons. The van der Waals surface area contributed by atoms with Gasteiger partial charge < -0.3 is 13.7 Å². The average Bonchev–Trinajstić information content (AvgIpc) is 3.39. The molecule has 9 heteroatoms. The van der Waals surface area contributed by atoms with E-state index < -0.39 is 10.0 Å². The maximum atomic E-state index is 13.1. The van der Waals surface area contributed by atoms with Crippen LogP contribution in [0, 0.1) is 13.8 Å². The molecule has 0 spiro atoms. The van der Waals surface area contributed by atoms with E-state index in [2.05, 4.69) is 41.1 Å². The number of aryl methyl sites for hydroxylation is 1. The van der Waals surface area contributed by atoms with E-state index in [1.54, 1.807) is 0 Å². The molecule has 0 amide bonds. The number of furan rings is 1. The zero-order valence-corrected chi connectivity index (χ0v) is 18.6. The maximum Gasteiger partial charge on any atom is 0.276 e. The van der Waals surface area contributed by atoms with Crippen LogP contribution < -0.4 is 4.90 Å². The first-order chi connectivity index (χ1) is 14.9. The van der Waals surface area contributed by atoms with E-state index >= 15 is 0 Å². The van der Waals surface area contributed by atoms with Gasteiger partial charge in [-0.2, -0.15) is 4.31 Å². The molecular formula is C22H26N4O4S. The molecule has 0 N–H and O–H groups in total. The van der Waals surface area contributed by atoms with Crippen LogP contribution in [0.15, 0.2) is 44.5 Å². The lowest BCUT2D eigenvalue weighted by atomic mass is 9.85. The predicted octanol–water partition coefficient (Wildman–Crippen LogP) is 3.72. The van der Waals surface area contributed by atoms with Crippen molar-refractivity contribution in [3.05, 3.63) is 47.5 Å². The number of rotatable bonds is 5. The molecular weight excluding hydrogens is 416 g/mol. The third kappa shape index (κ3) is 3.65. The molecule has 2 fully saturated rings. The number of hydrogen-bond acceptors (Lipinski definition) is 7. The van der Waals surface area contributed by atoms with E-state index in [0.717, 1.165) is 18.5 Å². The number of aromatic nitrogens is 2. The van der Waals surface area contributed by atoms with Crippen LogP contribution >= 0.6 is 0 Å². The molecule has 0 radical (unpaired) electrons. The van der Waals surface area contributed by atoms with Gasteiger partial charge in [-0.25, -0.2) is 8.42 Å². The zero-order valence-electron chi connectivity index (χ0n) is 17.7. The van der Waals surface area contributed by atoms with Crippen LogP contribution in [0.5, 0.6) is 0 Å². The summed E-state index contributed by atoms with van der Waals surface area (Å²) >= 11 is 0. The molecule has 3 aromatic rings. The summed E-state index contributed by atoms with van der Waals surface area (Å²) in [4.78, 5) is 2.24. The Bertz CT molecular complexity index is 1190. The highest BCUT2D eigenvalue weighted by Gasteiger charge is 2.32. The molecule has 0 unspecified atom stereocenters. The van der Waals surface area contributed by atoms with Gasteiger partial charge in [0.1, 0.15) is 6.26 Å². The summed E-state index contributed by atoms with van der Waals surface area (Å²) in [6, 6.07) is 7.70. The monoisotopic (exact) mass is 442 g/mol. The lowest BCUT2D eigenvalue weighted by Crippen LogP contribution is -2.48. The third-order valence-corrected chi connectivity index (χ3v) is 8.23. The Morgan fingerprint density at radius 3 is 2.55 bits per heavy atom. The minimum Gasteiger partial charge on any atom is -0.451 e. The molecule has 2 aliphatic rings. The molecule has 5 rings (SSSR count). The van der Waals surface area contributed by atoms with Crippen molar-refractivity contribution in [2.75, 3.05) is 31.1 Å². The lowest BCUT2D eigenvalue weighted by molar-refractivity contribution is 0.338. The van der Waals surface area contributed by atoms with Gasteiger partial charge in [0.15, 0.2) is 0 Å². The summed E-state index contributed by atoms with van der Waals surface area (Å²) in [5.74, 6) is 1.24. The second-order valence-electron chi connectivity index (χ2n) is 8.34. The van der Waals surface area contributed by atoms with E-state index in [9.17, 15) is 8.42 Å². The van der Waals surface area contributed by atoms with Crippen molar-refractivity contribution in [3.8, 4) is 11.5 Å². The molecule has 1 aliphatic heterocycles. The van der Waals surface area contributed by atoms with Gasteiger partial charge in [0.2, 0.25) is 11.0 Å². The van der Waals surface area contributed by atoms with Crippen molar-refractivity contribution < 1.29 is 17.3 Å². The highest BCUT2D eigenvalue weighted by atomic mass is 32.2. The zero-order chi connectivity index (χ0) is 21.6. The fourth-order valence-electron chi connectivity index (χ4n) is 4.11. The van der Waals surface area contributed by atoms with Crippen molar-refractivity contribution >= 4 is 15.7 Å². The first-order valence-electron chi connectivity index (χ1n) is 10.7. The molecule has 0 bridgehead atoms. The van der Waals surface area contributed by atoms with Gasteiger partial charge in [-0.05, 0) is 43.9 Å². The SMILES string of the molecule is Cc1cccc(N2CCN(S(=O)(=O)c3cc(-c4nnc(C5CCC5)o4)co3)CC2)c1C. The van der Waals surface area contributed by atoms with Gasteiger partial charge in [-0.1, -0.05) is 18.6 Å². The van der Waals surface area contributed by atoms with Crippen LogP contribution in [-0.2, 0) is 10.0 Å². The molecule has 1 saturated heterocycles. The summed E-state index contributed by atoms with van der Waals surface area (Å²) in [6.07, 6.45) is 4.66. The molecule has 1 aliphatic carbocycles. The fourth-order valence-corrected chi connectivity index (χ4v) is 5.45. The second-order valence-corrected chi connectivity index (χ2v) is 10.2. The largest absolute Gasteiger partial charge is 0.451 e. The summed E-state index contributed by atoms with van der Waals surface area (Å²) in [6.45, 7) is 6.26. The fraction of sp³-hybridized carbons (Fsp3) is 0.455. The lowest BCUT2D eigenvalue weighted by Gasteiger charge is -2.35. The van der Waals surface area contributed by atoms with Crippen molar-refractivity contribution in [1.82, 2.24) is 14.5 Å². The van der Waals surface area contributed by atoms with Gasteiger partial charge in [-0.15, -0.1) is 10.2 Å². The van der Waals surface area contributed by atoms with Crippen LogP contribution in [0.2, 0.25) is 0 Å². The first kappa shape index (κ1) is 20.3. The molecule has 31 heavy (non-hydrogen) atoms. The summed E-state index contributed by atoms with van der Waals surface area (Å²) in [7, 11) is -3.73. The Labute approximate surface area is 181 Å². The van der Waals surface area contributed by atoms with Crippen molar-refractivity contribution in [3.63, 3.8) is 0 Å². The Morgan fingerprint density at radius 1 is 1.06 bits per heavy atom. The normalized spacial score (nSPS) is 18.3. The highest BCUT2D eigenvalue weighted by molar-refractivity contribution is 7.89. The second kappa shape index (κ2) is 7.80. The van der Waals surface area contributed by atoms with E-state index in [-0.39, 0.29) is 5.09 Å². The number of hydrogen-bond donors (Lipinski definition) is 0. The number of sulfonamides is 1. The highest BCUT2D eigenvalue weighted by Crippen LogP contribution is 2.37. The van der Waals surface area contributed by atoms with Gasteiger partial charge in [-0.3, -0.25) is 0 Å². The predicted molar refractivity (Wildman–Crippen MR) is 115 cm³/mol. The first-order valence-corrected chi connectivity index (χ1v) is 12.1. The van der Waals surface area contributed by atoms with E-state index in [4.69, 9.17) is 8.83 Å². The summed E-state index contributed by atoms with van der Waals surface area (Å²) in [5, 5.41) is 8.08. The minimum atomic E-state index is -3.73. The topological polar surface area (TPSA) is 92.7 Å². The summed E-state index contributed by atoms with van der Waals surface area (Å²) < 4.78 is 38.9. The van der Waals surface area contributed by atoms with Gasteiger partial charge >= 0.3 is 0 Å². The van der Waals surface area contributed by atoms with Crippen molar-refractivity contribution in [1.29, 1.82) is 0 Å². The number of nitrogens with zero attached hydrogens (tertiary/aromatic N) is 4. The summed E-state index contributed by atoms with van der Waals surface area (Å²) in [5.41, 5.74) is 4.12. The van der Waals surface area contributed by atoms with E-state index in [1.807, 2.05) is 6.07 Å². The Hall–Kier alpha value is -2.65. The van der Waals surface area contributed by atoms with Crippen molar-refractivity contribution in [2.24, 2.45) is 0 Å². The van der Waals surface area contributed by atoms with Crippen molar-refractivity contribution in [2.45, 2.75) is 44.1 Å². The van der Waals surface area contributed by atoms with Crippen LogP contribution in [0.25, 0.3) is 11.5 Å². The quantitative estimate of drug-likeness (QED) is 0.594. The molecule has 3 heterocycles. The molecule has 0 atom stereocenters. The van der Waals surface area contributed by atoms with Gasteiger partial charge in [0.25, 0.3) is 15.9 Å². The number of benzene rings is 1. The average molecular weight is 443 g/mol.